The molecule has 84 valence electrons. The Balaban J connectivity index is 2.20. The molecule has 2 heterocycles. The first kappa shape index (κ1) is 11.1. The lowest BCUT2D eigenvalue weighted by Gasteiger charge is -1.94. The number of carbonyl (C=O) groups excluding carboxylic acids is 1. The molecule has 0 aliphatic carbocycles. The molecule has 2 rings (SSSR count). The van der Waals surface area contributed by atoms with Crippen LogP contribution in [0.5, 0.6) is 0 Å². The van der Waals surface area contributed by atoms with Crippen LogP contribution in [-0.4, -0.2) is 22.0 Å². The number of alkyl halides is 1. The molecule has 0 unspecified atom stereocenters. The van der Waals surface area contributed by atoms with Crippen LogP contribution in [0.4, 0.5) is 6.01 Å². The maximum absolute atomic E-state index is 11.0. The molecule has 0 aromatic carbocycles. The van der Waals surface area contributed by atoms with Gasteiger partial charge in [0.25, 0.3) is 5.89 Å². The fraction of sp³-hybridized carbons (Fsp3) is 0.222. The van der Waals surface area contributed by atoms with E-state index in [1.807, 2.05) is 18.4 Å². The van der Waals surface area contributed by atoms with Crippen molar-refractivity contribution in [3.63, 3.8) is 0 Å². The zero-order chi connectivity index (χ0) is 11.5. The lowest BCUT2D eigenvalue weighted by Crippen LogP contribution is -2.12. The SMILES string of the molecule is Cc1ccsc1-c1nnc(NC(=O)CCl)o1. The molecule has 1 amide bonds. The van der Waals surface area contributed by atoms with Gasteiger partial charge in [-0.1, -0.05) is 5.10 Å². The van der Waals surface area contributed by atoms with Crippen molar-refractivity contribution in [1.82, 2.24) is 10.2 Å². The zero-order valence-electron chi connectivity index (χ0n) is 8.36. The second-order valence-electron chi connectivity index (χ2n) is 3.03. The van der Waals surface area contributed by atoms with Gasteiger partial charge in [-0.3, -0.25) is 10.1 Å². The topological polar surface area (TPSA) is 68.0 Å². The van der Waals surface area contributed by atoms with Gasteiger partial charge in [-0.05, 0) is 23.9 Å². The molecule has 0 fully saturated rings. The first-order valence-corrected chi connectivity index (χ1v) is 5.86. The molecule has 2 aromatic heterocycles. The molecule has 5 nitrogen and oxygen atoms in total. The van der Waals surface area contributed by atoms with Gasteiger partial charge in [-0.25, -0.2) is 0 Å². The van der Waals surface area contributed by atoms with Crippen molar-refractivity contribution in [2.45, 2.75) is 6.92 Å². The molecule has 2 aromatic rings. The van der Waals surface area contributed by atoms with Crippen molar-refractivity contribution in [3.05, 3.63) is 17.0 Å². The molecule has 0 atom stereocenters. The van der Waals surface area contributed by atoms with Crippen LogP contribution in [0.15, 0.2) is 15.9 Å². The van der Waals surface area contributed by atoms with Gasteiger partial charge >= 0.3 is 6.01 Å². The zero-order valence-corrected chi connectivity index (χ0v) is 9.93. The van der Waals surface area contributed by atoms with Crippen molar-refractivity contribution >= 4 is 34.9 Å². The highest BCUT2D eigenvalue weighted by Crippen LogP contribution is 2.28. The van der Waals surface area contributed by atoms with E-state index in [9.17, 15) is 4.79 Å². The summed E-state index contributed by atoms with van der Waals surface area (Å²) < 4.78 is 5.28. The molecule has 0 spiro atoms. The van der Waals surface area contributed by atoms with Gasteiger partial charge in [0.15, 0.2) is 0 Å². The van der Waals surface area contributed by atoms with Crippen LogP contribution in [0.3, 0.4) is 0 Å². The average molecular weight is 258 g/mol. The van der Waals surface area contributed by atoms with E-state index in [0.29, 0.717) is 5.89 Å². The van der Waals surface area contributed by atoms with Gasteiger partial charge in [0.05, 0.1) is 4.88 Å². The molecule has 0 radical (unpaired) electrons. The minimum atomic E-state index is -0.375. The lowest BCUT2D eigenvalue weighted by atomic mass is 10.3. The Hall–Kier alpha value is -1.40. The molecule has 0 aliphatic heterocycles. The summed E-state index contributed by atoms with van der Waals surface area (Å²) in [7, 11) is 0. The van der Waals surface area contributed by atoms with E-state index in [0.717, 1.165) is 10.4 Å². The summed E-state index contributed by atoms with van der Waals surface area (Å²) in [5, 5.41) is 11.9. The van der Waals surface area contributed by atoms with Gasteiger partial charge in [0, 0.05) is 0 Å². The molecule has 0 saturated heterocycles. The van der Waals surface area contributed by atoms with E-state index < -0.39 is 0 Å². The van der Waals surface area contributed by atoms with E-state index in [2.05, 4.69) is 15.5 Å². The molecular weight excluding hydrogens is 250 g/mol. The molecule has 0 saturated carbocycles. The number of aromatic nitrogens is 2. The van der Waals surface area contributed by atoms with Crippen LogP contribution in [-0.2, 0) is 4.79 Å². The predicted octanol–water partition coefficient (Wildman–Crippen LogP) is 2.28. The third-order valence-corrected chi connectivity index (χ3v) is 3.10. The van der Waals surface area contributed by atoms with Crippen molar-refractivity contribution in [2.75, 3.05) is 11.2 Å². The lowest BCUT2D eigenvalue weighted by molar-refractivity contribution is -0.114. The van der Waals surface area contributed by atoms with Crippen molar-refractivity contribution in [1.29, 1.82) is 0 Å². The number of nitrogens with one attached hydrogen (secondary N) is 1. The highest BCUT2D eigenvalue weighted by Gasteiger charge is 2.13. The normalized spacial score (nSPS) is 10.4. The van der Waals surface area contributed by atoms with Gasteiger partial charge < -0.3 is 4.42 Å². The van der Waals surface area contributed by atoms with Crippen molar-refractivity contribution in [3.8, 4) is 10.8 Å². The second kappa shape index (κ2) is 4.63. The monoisotopic (exact) mass is 257 g/mol. The first-order valence-electron chi connectivity index (χ1n) is 4.44. The Morgan fingerprint density at radius 1 is 1.62 bits per heavy atom. The Labute approximate surface area is 100 Å². The summed E-state index contributed by atoms with van der Waals surface area (Å²) in [6.45, 7) is 1.95. The second-order valence-corrected chi connectivity index (χ2v) is 4.21. The minimum Gasteiger partial charge on any atom is -0.402 e. The smallest absolute Gasteiger partial charge is 0.322 e. The third-order valence-electron chi connectivity index (χ3n) is 1.85. The Morgan fingerprint density at radius 3 is 3.06 bits per heavy atom. The van der Waals surface area contributed by atoms with Gasteiger partial charge in [0.1, 0.15) is 5.88 Å². The van der Waals surface area contributed by atoms with Crippen molar-refractivity contribution < 1.29 is 9.21 Å². The quantitative estimate of drug-likeness (QED) is 0.857. The summed E-state index contributed by atoms with van der Waals surface area (Å²) in [6.07, 6.45) is 0. The summed E-state index contributed by atoms with van der Waals surface area (Å²) in [6, 6.07) is 2.02. The Bertz CT molecular complexity index is 508. The van der Waals surface area contributed by atoms with Crippen LogP contribution >= 0.6 is 22.9 Å². The molecule has 7 heteroatoms. The minimum absolute atomic E-state index is 0.0634. The van der Waals surface area contributed by atoms with Crippen LogP contribution in [0.1, 0.15) is 5.56 Å². The average Bonchev–Trinajstić information content (AvgIpc) is 2.86. The highest BCUT2D eigenvalue weighted by molar-refractivity contribution is 7.13. The van der Waals surface area contributed by atoms with Crippen LogP contribution in [0.2, 0.25) is 0 Å². The number of carbonyl (C=O) groups is 1. The number of hydrogen-bond acceptors (Lipinski definition) is 5. The van der Waals surface area contributed by atoms with Gasteiger partial charge in [-0.2, -0.15) is 0 Å². The summed E-state index contributed by atoms with van der Waals surface area (Å²) in [5.41, 5.74) is 1.06. The van der Waals surface area contributed by atoms with Crippen LogP contribution in [0.25, 0.3) is 10.8 Å². The van der Waals surface area contributed by atoms with Gasteiger partial charge in [0.2, 0.25) is 5.91 Å². The Kier molecular flexibility index (Phi) is 3.21. The van der Waals surface area contributed by atoms with E-state index in [-0.39, 0.29) is 17.8 Å². The molecule has 0 bridgehead atoms. The van der Waals surface area contributed by atoms with Crippen LogP contribution in [0, 0.1) is 6.92 Å². The highest BCUT2D eigenvalue weighted by atomic mass is 35.5. The molecular formula is C9H8ClN3O2S. The fourth-order valence-electron chi connectivity index (χ4n) is 1.11. The standard InChI is InChI=1S/C9H8ClN3O2S/c1-5-2-3-16-7(5)8-12-13-9(15-8)11-6(14)4-10/h2-3H,4H2,1H3,(H,11,13,14). The predicted molar refractivity (Wildman–Crippen MR) is 61.7 cm³/mol. The van der Waals surface area contributed by atoms with E-state index in [4.69, 9.17) is 16.0 Å². The number of nitrogens with zero attached hydrogens (tertiary/aromatic N) is 2. The first-order chi connectivity index (χ1) is 7.70. The number of thiophene rings is 1. The number of rotatable bonds is 3. The van der Waals surface area contributed by atoms with E-state index in [1.165, 1.54) is 11.3 Å². The maximum atomic E-state index is 11.0. The van der Waals surface area contributed by atoms with Crippen LogP contribution < -0.4 is 5.32 Å². The number of anilines is 1. The van der Waals surface area contributed by atoms with Crippen molar-refractivity contribution in [2.24, 2.45) is 0 Å². The summed E-state index contributed by atoms with van der Waals surface area (Å²) >= 11 is 6.84. The Morgan fingerprint density at radius 2 is 2.44 bits per heavy atom. The largest absolute Gasteiger partial charge is 0.402 e. The number of amides is 1. The number of aryl methyl sites for hydroxylation is 1. The van der Waals surface area contributed by atoms with E-state index in [1.54, 1.807) is 0 Å². The number of halogens is 1. The fourth-order valence-corrected chi connectivity index (χ4v) is 2.02. The third kappa shape index (κ3) is 2.23. The maximum Gasteiger partial charge on any atom is 0.322 e. The number of hydrogen-bond donors (Lipinski definition) is 1. The molecule has 1 N–H and O–H groups in total. The van der Waals surface area contributed by atoms with E-state index >= 15 is 0 Å². The summed E-state index contributed by atoms with van der Waals surface area (Å²) in [5.74, 6) is -0.118. The van der Waals surface area contributed by atoms with Gasteiger partial charge in [-0.15, -0.1) is 28.0 Å². The molecule has 0 aliphatic rings. The molecule has 16 heavy (non-hydrogen) atoms. The summed E-state index contributed by atoms with van der Waals surface area (Å²) in [4.78, 5) is 11.9.